The Balaban J connectivity index is 1.86. The Morgan fingerprint density at radius 3 is 2.63 bits per heavy atom. The highest BCUT2D eigenvalue weighted by Gasteiger charge is 2.40. The molecule has 0 spiro atoms. The van der Waals surface area contributed by atoms with E-state index in [0.29, 0.717) is 5.13 Å². The van der Waals surface area contributed by atoms with E-state index in [1.807, 2.05) is 0 Å². The molecule has 0 saturated heterocycles. The number of rotatable bonds is 3. The normalized spacial score (nSPS) is 23.3. The van der Waals surface area contributed by atoms with Crippen molar-refractivity contribution in [2.45, 2.75) is 50.4 Å². The number of alkyl halides is 3. The van der Waals surface area contributed by atoms with Crippen LogP contribution >= 0.6 is 11.3 Å². The summed E-state index contributed by atoms with van der Waals surface area (Å²) < 4.78 is 38.0. The first-order valence-corrected chi connectivity index (χ1v) is 7.34. The van der Waals surface area contributed by atoms with Crippen molar-refractivity contribution in [1.29, 1.82) is 0 Å². The zero-order valence-corrected chi connectivity index (χ0v) is 11.2. The number of thiazole rings is 1. The first-order valence-electron chi connectivity index (χ1n) is 6.52. The molecule has 1 aromatic heterocycles. The molecular formula is C12H16F3N3S. The SMILES string of the molecule is NC1CCCc2sc(N(CC(F)(F)F)C3CC3)nc21. The lowest BCUT2D eigenvalue weighted by molar-refractivity contribution is -0.120. The van der Waals surface area contributed by atoms with Crippen LogP contribution in [-0.4, -0.2) is 23.7 Å². The second-order valence-electron chi connectivity index (χ2n) is 5.28. The predicted octanol–water partition coefficient (Wildman–Crippen LogP) is 3.01. The Hall–Kier alpha value is -0.820. The third-order valence-corrected chi connectivity index (χ3v) is 4.74. The summed E-state index contributed by atoms with van der Waals surface area (Å²) in [6.07, 6.45) is 0.234. The third-order valence-electron chi connectivity index (χ3n) is 3.57. The molecule has 106 valence electrons. The van der Waals surface area contributed by atoms with Crippen LogP contribution in [0.3, 0.4) is 0 Å². The molecular weight excluding hydrogens is 275 g/mol. The molecule has 19 heavy (non-hydrogen) atoms. The fraction of sp³-hybridized carbons (Fsp3) is 0.750. The van der Waals surface area contributed by atoms with Gasteiger partial charge in [-0.3, -0.25) is 0 Å². The van der Waals surface area contributed by atoms with E-state index in [1.165, 1.54) is 16.2 Å². The van der Waals surface area contributed by atoms with Crippen molar-refractivity contribution in [1.82, 2.24) is 4.98 Å². The van der Waals surface area contributed by atoms with Gasteiger partial charge in [0.15, 0.2) is 5.13 Å². The van der Waals surface area contributed by atoms with Crippen molar-refractivity contribution < 1.29 is 13.2 Å². The van der Waals surface area contributed by atoms with E-state index in [2.05, 4.69) is 4.98 Å². The van der Waals surface area contributed by atoms with Gasteiger partial charge in [-0.1, -0.05) is 0 Å². The number of hydrogen-bond donors (Lipinski definition) is 1. The zero-order chi connectivity index (χ0) is 13.6. The molecule has 2 N–H and O–H groups in total. The molecule has 2 aliphatic rings. The number of nitrogens with two attached hydrogens (primary N) is 1. The van der Waals surface area contributed by atoms with Crippen LogP contribution in [0.4, 0.5) is 18.3 Å². The van der Waals surface area contributed by atoms with Crippen molar-refractivity contribution in [3.8, 4) is 0 Å². The molecule has 1 fully saturated rings. The summed E-state index contributed by atoms with van der Waals surface area (Å²) in [6, 6.07) is -0.105. The standard InChI is InChI=1S/C12H16F3N3S/c13-12(14,15)6-18(7-4-5-7)11-17-10-8(16)2-1-3-9(10)19-11/h7-8H,1-6,16H2. The van der Waals surface area contributed by atoms with Gasteiger partial charge in [0, 0.05) is 17.0 Å². The number of fused-ring (bicyclic) bond motifs is 1. The Bertz CT molecular complexity index is 467. The van der Waals surface area contributed by atoms with E-state index in [4.69, 9.17) is 5.73 Å². The number of anilines is 1. The Morgan fingerprint density at radius 2 is 2.05 bits per heavy atom. The van der Waals surface area contributed by atoms with Crippen LogP contribution in [0.1, 0.15) is 42.3 Å². The van der Waals surface area contributed by atoms with E-state index in [1.54, 1.807) is 0 Å². The predicted molar refractivity (Wildman–Crippen MR) is 68.4 cm³/mol. The molecule has 3 rings (SSSR count). The van der Waals surface area contributed by atoms with Gasteiger partial charge in [0.25, 0.3) is 0 Å². The van der Waals surface area contributed by atoms with Crippen molar-refractivity contribution in [2.24, 2.45) is 5.73 Å². The largest absolute Gasteiger partial charge is 0.406 e. The van der Waals surface area contributed by atoms with Gasteiger partial charge in [-0.15, -0.1) is 11.3 Å². The lowest BCUT2D eigenvalue weighted by atomic mass is 9.99. The summed E-state index contributed by atoms with van der Waals surface area (Å²) in [5.74, 6) is 0. The van der Waals surface area contributed by atoms with Gasteiger partial charge in [0.2, 0.25) is 0 Å². The van der Waals surface area contributed by atoms with E-state index in [-0.39, 0.29) is 12.1 Å². The molecule has 1 atom stereocenters. The van der Waals surface area contributed by atoms with Crippen LogP contribution in [0.25, 0.3) is 0 Å². The van der Waals surface area contributed by atoms with Crippen molar-refractivity contribution >= 4 is 16.5 Å². The molecule has 7 heteroatoms. The van der Waals surface area contributed by atoms with E-state index in [0.717, 1.165) is 42.7 Å². The smallest absolute Gasteiger partial charge is 0.336 e. The van der Waals surface area contributed by atoms with Crippen molar-refractivity contribution in [2.75, 3.05) is 11.4 Å². The van der Waals surface area contributed by atoms with Crippen LogP contribution < -0.4 is 10.6 Å². The average Bonchev–Trinajstić information content (AvgIpc) is 3.04. The molecule has 0 amide bonds. The molecule has 0 aromatic carbocycles. The van der Waals surface area contributed by atoms with Gasteiger partial charge < -0.3 is 10.6 Å². The number of hydrogen-bond acceptors (Lipinski definition) is 4. The maximum atomic E-state index is 12.7. The van der Waals surface area contributed by atoms with Crippen LogP contribution in [0.5, 0.6) is 0 Å². The van der Waals surface area contributed by atoms with Gasteiger partial charge in [-0.2, -0.15) is 13.2 Å². The number of halogens is 3. The molecule has 1 heterocycles. The average molecular weight is 291 g/mol. The highest BCUT2D eigenvalue weighted by Crippen LogP contribution is 2.40. The first-order chi connectivity index (χ1) is 8.94. The minimum absolute atomic E-state index is 0.00505. The number of aromatic nitrogens is 1. The second-order valence-corrected chi connectivity index (χ2v) is 6.34. The van der Waals surface area contributed by atoms with Crippen LogP contribution in [0.2, 0.25) is 0 Å². The third kappa shape index (κ3) is 2.86. The Kier molecular flexibility index (Phi) is 3.21. The van der Waals surface area contributed by atoms with Crippen molar-refractivity contribution in [3.63, 3.8) is 0 Å². The van der Waals surface area contributed by atoms with Crippen LogP contribution in [-0.2, 0) is 6.42 Å². The van der Waals surface area contributed by atoms with E-state index >= 15 is 0 Å². The van der Waals surface area contributed by atoms with Gasteiger partial charge >= 0.3 is 6.18 Å². The highest BCUT2D eigenvalue weighted by atomic mass is 32.1. The highest BCUT2D eigenvalue weighted by molar-refractivity contribution is 7.15. The fourth-order valence-electron chi connectivity index (χ4n) is 2.49. The minimum atomic E-state index is -4.18. The summed E-state index contributed by atoms with van der Waals surface area (Å²) in [5, 5.41) is 0.502. The number of nitrogens with zero attached hydrogens (tertiary/aromatic N) is 2. The topological polar surface area (TPSA) is 42.1 Å². The summed E-state index contributed by atoms with van der Waals surface area (Å²) in [6.45, 7) is -0.903. The maximum absolute atomic E-state index is 12.7. The summed E-state index contributed by atoms with van der Waals surface area (Å²) >= 11 is 1.39. The zero-order valence-electron chi connectivity index (χ0n) is 10.4. The number of aryl methyl sites for hydroxylation is 1. The molecule has 0 aliphatic heterocycles. The molecule has 1 aromatic rings. The lowest BCUT2D eigenvalue weighted by Crippen LogP contribution is -2.36. The first kappa shape index (κ1) is 13.2. The van der Waals surface area contributed by atoms with Gasteiger partial charge in [-0.25, -0.2) is 4.98 Å². The van der Waals surface area contributed by atoms with Crippen LogP contribution in [0.15, 0.2) is 0 Å². The van der Waals surface area contributed by atoms with E-state index in [9.17, 15) is 13.2 Å². The van der Waals surface area contributed by atoms with Crippen molar-refractivity contribution in [3.05, 3.63) is 10.6 Å². The molecule has 1 saturated carbocycles. The van der Waals surface area contributed by atoms with Gasteiger partial charge in [0.1, 0.15) is 6.54 Å². The lowest BCUT2D eigenvalue weighted by Gasteiger charge is -2.22. The quantitative estimate of drug-likeness (QED) is 0.931. The minimum Gasteiger partial charge on any atom is -0.336 e. The maximum Gasteiger partial charge on any atom is 0.406 e. The van der Waals surface area contributed by atoms with Gasteiger partial charge in [-0.05, 0) is 32.1 Å². The molecule has 0 radical (unpaired) electrons. The van der Waals surface area contributed by atoms with Crippen LogP contribution in [0, 0.1) is 0 Å². The molecule has 3 nitrogen and oxygen atoms in total. The molecule has 1 unspecified atom stereocenters. The molecule has 2 aliphatic carbocycles. The Morgan fingerprint density at radius 1 is 1.32 bits per heavy atom. The second kappa shape index (κ2) is 4.63. The van der Waals surface area contributed by atoms with Gasteiger partial charge in [0.05, 0.1) is 5.69 Å². The Labute approximate surface area is 113 Å². The van der Waals surface area contributed by atoms with E-state index < -0.39 is 12.7 Å². The summed E-state index contributed by atoms with van der Waals surface area (Å²) in [7, 11) is 0. The fourth-order valence-corrected chi connectivity index (χ4v) is 3.74. The molecule has 0 bridgehead atoms. The summed E-state index contributed by atoms with van der Waals surface area (Å²) in [5.41, 5.74) is 6.80. The summed E-state index contributed by atoms with van der Waals surface area (Å²) in [4.78, 5) is 6.88. The monoisotopic (exact) mass is 291 g/mol.